The van der Waals surface area contributed by atoms with Crippen LogP contribution >= 0.6 is 0 Å². The average Bonchev–Trinajstić information content (AvgIpc) is 3.27. The number of fused-ring (bicyclic) bond motifs is 1. The van der Waals surface area contributed by atoms with Gasteiger partial charge in [-0.1, -0.05) is 25.3 Å². The molecule has 1 aromatic carbocycles. The van der Waals surface area contributed by atoms with Gasteiger partial charge in [0.2, 0.25) is 23.9 Å². The zero-order valence-corrected chi connectivity index (χ0v) is 16.3. The van der Waals surface area contributed by atoms with Gasteiger partial charge in [-0.05, 0) is 30.5 Å². The van der Waals surface area contributed by atoms with Gasteiger partial charge in [0, 0.05) is 6.42 Å². The minimum atomic E-state index is -1.93. The third kappa shape index (κ3) is 2.08. The van der Waals surface area contributed by atoms with E-state index < -0.39 is 28.6 Å². The van der Waals surface area contributed by atoms with Crippen LogP contribution in [-0.4, -0.2) is 18.5 Å². The quantitative estimate of drug-likeness (QED) is 0.754. The summed E-state index contributed by atoms with van der Waals surface area (Å²) in [6, 6.07) is 11.5. The zero-order valence-electron chi connectivity index (χ0n) is 16.3. The molecule has 3 aliphatic heterocycles. The maximum absolute atomic E-state index is 10.4. The maximum Gasteiger partial charge on any atom is 0.231 e. The van der Waals surface area contributed by atoms with Gasteiger partial charge >= 0.3 is 0 Å². The summed E-state index contributed by atoms with van der Waals surface area (Å²) in [6.45, 7) is 0.0911. The molecule has 30 heavy (non-hydrogen) atoms. The second-order valence-electron chi connectivity index (χ2n) is 8.31. The number of ether oxygens (including phenoxy) is 4. The lowest BCUT2D eigenvalue weighted by Gasteiger charge is -2.50. The van der Waals surface area contributed by atoms with Crippen molar-refractivity contribution in [1.82, 2.24) is 0 Å². The van der Waals surface area contributed by atoms with Gasteiger partial charge in [0.15, 0.2) is 16.9 Å². The number of nitrogens with zero attached hydrogens (tertiary/aromatic N) is 3. The van der Waals surface area contributed by atoms with E-state index in [9.17, 15) is 15.8 Å². The molecule has 3 heterocycles. The second-order valence-corrected chi connectivity index (χ2v) is 8.31. The van der Waals surface area contributed by atoms with Crippen molar-refractivity contribution in [2.75, 3.05) is 6.79 Å². The normalized spacial score (nSPS) is 35.6. The molecule has 2 saturated heterocycles. The van der Waals surface area contributed by atoms with Crippen molar-refractivity contribution in [2.24, 2.45) is 16.7 Å². The van der Waals surface area contributed by atoms with E-state index in [-0.39, 0.29) is 12.7 Å². The van der Waals surface area contributed by atoms with Crippen molar-refractivity contribution in [2.45, 2.75) is 50.4 Å². The van der Waals surface area contributed by atoms with Gasteiger partial charge in [0.1, 0.15) is 6.10 Å². The Balaban J connectivity index is 1.73. The first-order chi connectivity index (χ1) is 14.6. The molecule has 0 radical (unpaired) electrons. The van der Waals surface area contributed by atoms with Gasteiger partial charge in [0.25, 0.3) is 0 Å². The summed E-state index contributed by atoms with van der Waals surface area (Å²) in [7, 11) is 0. The van der Waals surface area contributed by atoms with Gasteiger partial charge in [-0.15, -0.1) is 0 Å². The van der Waals surface area contributed by atoms with Crippen LogP contribution in [0.25, 0.3) is 0 Å². The van der Waals surface area contributed by atoms with E-state index >= 15 is 0 Å². The lowest BCUT2D eigenvalue weighted by Crippen LogP contribution is -2.59. The number of hydrogen-bond donors (Lipinski definition) is 1. The Labute approximate surface area is 174 Å². The molecule has 8 heteroatoms. The monoisotopic (exact) mass is 404 g/mol. The zero-order chi connectivity index (χ0) is 21.0. The highest BCUT2D eigenvalue weighted by molar-refractivity contribution is 5.89. The van der Waals surface area contributed by atoms with Crippen molar-refractivity contribution >= 4 is 5.90 Å². The predicted molar refractivity (Wildman–Crippen MR) is 101 cm³/mol. The summed E-state index contributed by atoms with van der Waals surface area (Å²) in [5.74, 6) is -1.01. The van der Waals surface area contributed by atoms with E-state index in [0.717, 1.165) is 25.7 Å². The molecule has 5 rings (SSSR count). The molecule has 4 atom stereocenters. The van der Waals surface area contributed by atoms with E-state index in [1.807, 2.05) is 0 Å². The Morgan fingerprint density at radius 1 is 0.967 bits per heavy atom. The van der Waals surface area contributed by atoms with Crippen molar-refractivity contribution in [1.29, 1.82) is 21.2 Å². The van der Waals surface area contributed by atoms with Crippen molar-refractivity contribution < 1.29 is 18.9 Å². The molecule has 152 valence electrons. The molecule has 2 bridgehead atoms. The van der Waals surface area contributed by atoms with Crippen molar-refractivity contribution in [3.8, 4) is 29.7 Å². The highest BCUT2D eigenvalue weighted by Gasteiger charge is 2.80. The molecular weight excluding hydrogens is 384 g/mol. The fourth-order valence-corrected chi connectivity index (χ4v) is 5.59. The van der Waals surface area contributed by atoms with Gasteiger partial charge in [-0.2, -0.15) is 15.8 Å². The Morgan fingerprint density at radius 2 is 1.73 bits per heavy atom. The molecule has 0 aromatic heterocycles. The second kappa shape index (κ2) is 6.36. The molecule has 1 aliphatic carbocycles. The topological polar surface area (TPSA) is 132 Å². The van der Waals surface area contributed by atoms with Crippen LogP contribution in [0.2, 0.25) is 0 Å². The lowest BCUT2D eigenvalue weighted by atomic mass is 9.52. The molecule has 1 aromatic rings. The molecule has 1 N–H and O–H groups in total. The van der Waals surface area contributed by atoms with Gasteiger partial charge in [-0.3, -0.25) is 5.41 Å². The summed E-state index contributed by atoms with van der Waals surface area (Å²) < 4.78 is 23.3. The number of benzene rings is 1. The van der Waals surface area contributed by atoms with E-state index in [1.54, 1.807) is 18.2 Å². The van der Waals surface area contributed by atoms with Crippen LogP contribution in [-0.2, 0) is 9.47 Å². The third-order valence-electron chi connectivity index (χ3n) is 7.02. The molecule has 4 unspecified atom stereocenters. The molecule has 4 aliphatic rings. The van der Waals surface area contributed by atoms with Crippen LogP contribution in [0.3, 0.4) is 0 Å². The summed E-state index contributed by atoms with van der Waals surface area (Å²) in [5, 5.41) is 39.6. The molecule has 8 nitrogen and oxygen atoms in total. The first-order valence-electron chi connectivity index (χ1n) is 10.2. The van der Waals surface area contributed by atoms with Crippen LogP contribution in [0.5, 0.6) is 11.5 Å². The summed E-state index contributed by atoms with van der Waals surface area (Å²) in [5.41, 5.74) is -3.11. The molecular formula is C22H20N4O4. The summed E-state index contributed by atoms with van der Waals surface area (Å²) in [6.07, 6.45) is 3.67. The van der Waals surface area contributed by atoms with Crippen LogP contribution in [0.15, 0.2) is 18.2 Å². The Kier molecular flexibility index (Phi) is 3.97. The first kappa shape index (κ1) is 18.7. The number of hydrogen-bond acceptors (Lipinski definition) is 8. The fraction of sp³-hybridized carbons (Fsp3) is 0.545. The highest BCUT2D eigenvalue weighted by Crippen LogP contribution is 2.68. The van der Waals surface area contributed by atoms with E-state index in [0.29, 0.717) is 29.9 Å². The van der Waals surface area contributed by atoms with E-state index in [4.69, 9.17) is 24.4 Å². The van der Waals surface area contributed by atoms with E-state index in [1.165, 1.54) is 0 Å². The standard InChI is InChI=1S/C22H20N4O4/c23-10-20(11-24)18(14-6-7-15-16(9-14)28-13-27-15)29-22-8-4-2-1-3-5-17(22)21(20,12-25)19(26)30-22/h6-7,9,17-18,26H,1-5,8,13H2. The predicted octanol–water partition coefficient (Wildman–Crippen LogP) is 3.70. The smallest absolute Gasteiger partial charge is 0.231 e. The minimum absolute atomic E-state index is 0.0911. The van der Waals surface area contributed by atoms with Crippen LogP contribution in [0.4, 0.5) is 0 Å². The first-order valence-corrected chi connectivity index (χ1v) is 10.2. The van der Waals surface area contributed by atoms with E-state index in [2.05, 4.69) is 18.2 Å². The maximum atomic E-state index is 10.4. The van der Waals surface area contributed by atoms with Gasteiger partial charge in [-0.25, -0.2) is 0 Å². The average molecular weight is 404 g/mol. The van der Waals surface area contributed by atoms with Crippen LogP contribution in [0.1, 0.15) is 50.2 Å². The third-order valence-corrected chi connectivity index (χ3v) is 7.02. The van der Waals surface area contributed by atoms with Gasteiger partial charge in [0.05, 0.1) is 24.1 Å². The SMILES string of the molecule is N#CC1(C#N)C(c2ccc3c(c2)OCO3)OC23CCCCCCC2C1(C#N)C(=N)O3. The summed E-state index contributed by atoms with van der Waals surface area (Å²) >= 11 is 0. The Morgan fingerprint density at radius 3 is 2.50 bits per heavy atom. The largest absolute Gasteiger partial charge is 0.454 e. The van der Waals surface area contributed by atoms with Crippen LogP contribution in [0, 0.1) is 56.2 Å². The molecule has 3 fully saturated rings. The Bertz CT molecular complexity index is 1040. The summed E-state index contributed by atoms with van der Waals surface area (Å²) in [4.78, 5) is 0. The molecule has 0 spiro atoms. The number of nitrogens with one attached hydrogen (secondary N) is 1. The molecule has 0 amide bonds. The minimum Gasteiger partial charge on any atom is -0.454 e. The fourth-order valence-electron chi connectivity index (χ4n) is 5.59. The van der Waals surface area contributed by atoms with Crippen LogP contribution < -0.4 is 9.47 Å². The number of nitriles is 3. The number of rotatable bonds is 1. The van der Waals surface area contributed by atoms with Crippen molar-refractivity contribution in [3.63, 3.8) is 0 Å². The Hall–Kier alpha value is -3.28. The van der Waals surface area contributed by atoms with Gasteiger partial charge < -0.3 is 18.9 Å². The van der Waals surface area contributed by atoms with Crippen molar-refractivity contribution in [3.05, 3.63) is 23.8 Å². The lowest BCUT2D eigenvalue weighted by molar-refractivity contribution is -0.289. The highest BCUT2D eigenvalue weighted by atomic mass is 16.7. The molecule has 1 saturated carbocycles.